The number of unbranched alkanes of at least 4 members (excludes halogenated alkanes) is 46. The molecule has 5 N–H and O–H groups in total. The Morgan fingerprint density at radius 2 is 0.531 bits per heavy atom. The fourth-order valence-corrected chi connectivity index (χ4v) is 9.70. The molecule has 6 heteroatoms. The lowest BCUT2D eigenvalue weighted by Gasteiger charge is -2.27. The van der Waals surface area contributed by atoms with Gasteiger partial charge in [0, 0.05) is 0 Å². The minimum atomic E-state index is -1.25. The van der Waals surface area contributed by atoms with Crippen molar-refractivity contribution in [1.82, 2.24) is 5.32 Å². The smallest absolute Gasteiger partial charge is 0.249 e. The Kier molecular flexibility index (Phi) is 52.7. The van der Waals surface area contributed by atoms with Crippen molar-refractivity contribution in [3.8, 4) is 0 Å². The van der Waals surface area contributed by atoms with Crippen LogP contribution in [0.3, 0.4) is 0 Å². The topological polar surface area (TPSA) is 110 Å². The molecule has 0 saturated carbocycles. The number of hydrogen-bond acceptors (Lipinski definition) is 5. The Morgan fingerprint density at radius 1 is 0.328 bits per heavy atom. The van der Waals surface area contributed by atoms with Gasteiger partial charge < -0.3 is 25.7 Å². The third-order valence-electron chi connectivity index (χ3n) is 14.3. The van der Waals surface area contributed by atoms with Crippen LogP contribution < -0.4 is 5.32 Å². The molecule has 6 nitrogen and oxygen atoms in total. The standard InChI is InChI=1S/C58H117NO5/c1-3-5-7-9-11-13-15-17-19-21-22-23-24-25-26-27-28-29-30-31-32-33-34-36-37-39-41-43-45-47-49-51-55(61)57(63)54(53-60)59-58(64)56(62)52-50-48-46-44-42-40-38-35-20-18-16-14-12-10-8-6-4-2/h54-57,60-63H,3-53H2,1-2H3,(H,59,64). The van der Waals surface area contributed by atoms with Crippen molar-refractivity contribution in [1.29, 1.82) is 0 Å². The van der Waals surface area contributed by atoms with E-state index < -0.39 is 36.9 Å². The summed E-state index contributed by atoms with van der Waals surface area (Å²) in [6.07, 6.45) is 61.9. The first-order chi connectivity index (χ1) is 31.5. The van der Waals surface area contributed by atoms with Crippen molar-refractivity contribution in [3.05, 3.63) is 0 Å². The molecule has 64 heavy (non-hydrogen) atoms. The number of carbonyl (C=O) groups is 1. The monoisotopic (exact) mass is 908 g/mol. The summed E-state index contributed by atoms with van der Waals surface area (Å²) in [5.41, 5.74) is 0. The SMILES string of the molecule is CCCCCCCCCCCCCCCCCCCCCCCCCCCCCCCCCC(O)C(O)C(CO)NC(=O)C(O)CCCCCCCCCCCCCCCCCCC. The zero-order chi connectivity index (χ0) is 46.7. The summed E-state index contributed by atoms with van der Waals surface area (Å²) < 4.78 is 0. The van der Waals surface area contributed by atoms with Gasteiger partial charge in [0.15, 0.2) is 0 Å². The van der Waals surface area contributed by atoms with Gasteiger partial charge in [-0.1, -0.05) is 322 Å². The molecular weight excluding hydrogens is 791 g/mol. The predicted octanol–water partition coefficient (Wildman–Crippen LogP) is 17.1. The van der Waals surface area contributed by atoms with Gasteiger partial charge >= 0.3 is 0 Å². The summed E-state index contributed by atoms with van der Waals surface area (Å²) in [6, 6.07) is -0.980. The number of hydrogen-bond donors (Lipinski definition) is 5. The van der Waals surface area contributed by atoms with Gasteiger partial charge in [0.2, 0.25) is 5.91 Å². The van der Waals surface area contributed by atoms with Crippen molar-refractivity contribution in [2.75, 3.05) is 6.61 Å². The first-order valence-corrected chi connectivity index (χ1v) is 29.4. The average molecular weight is 909 g/mol. The van der Waals surface area contributed by atoms with Crippen LogP contribution in [-0.4, -0.2) is 57.3 Å². The molecule has 0 aromatic heterocycles. The van der Waals surface area contributed by atoms with Crippen molar-refractivity contribution in [2.45, 2.75) is 359 Å². The van der Waals surface area contributed by atoms with E-state index in [2.05, 4.69) is 19.2 Å². The van der Waals surface area contributed by atoms with Gasteiger partial charge in [0.25, 0.3) is 0 Å². The van der Waals surface area contributed by atoms with Crippen molar-refractivity contribution in [3.63, 3.8) is 0 Å². The van der Waals surface area contributed by atoms with Gasteiger partial charge in [-0.3, -0.25) is 4.79 Å². The fraction of sp³-hybridized carbons (Fsp3) is 0.983. The van der Waals surface area contributed by atoms with Crippen LogP contribution in [0.15, 0.2) is 0 Å². The second kappa shape index (κ2) is 53.3. The zero-order valence-corrected chi connectivity index (χ0v) is 43.6. The molecule has 0 aromatic carbocycles. The molecule has 0 radical (unpaired) electrons. The predicted molar refractivity (Wildman–Crippen MR) is 279 cm³/mol. The molecule has 0 aromatic rings. The minimum absolute atomic E-state index is 0.376. The molecule has 0 saturated heterocycles. The Labute approximate surface area is 400 Å². The van der Waals surface area contributed by atoms with Crippen LogP contribution in [0.1, 0.15) is 335 Å². The lowest BCUT2D eigenvalue weighted by molar-refractivity contribution is -0.132. The minimum Gasteiger partial charge on any atom is -0.394 e. The third-order valence-corrected chi connectivity index (χ3v) is 14.3. The highest BCUT2D eigenvalue weighted by molar-refractivity contribution is 5.80. The lowest BCUT2D eigenvalue weighted by atomic mass is 9.99. The van der Waals surface area contributed by atoms with Gasteiger partial charge in [-0.15, -0.1) is 0 Å². The Bertz CT molecular complexity index is 887. The van der Waals surface area contributed by atoms with Crippen LogP contribution in [0.2, 0.25) is 0 Å². The van der Waals surface area contributed by atoms with Crippen LogP contribution in [0, 0.1) is 0 Å². The van der Waals surface area contributed by atoms with Gasteiger partial charge in [-0.25, -0.2) is 0 Å². The van der Waals surface area contributed by atoms with E-state index in [4.69, 9.17) is 0 Å². The summed E-state index contributed by atoms with van der Waals surface area (Å²) >= 11 is 0. The normalized spacial score (nSPS) is 13.7. The summed E-state index contributed by atoms with van der Waals surface area (Å²) in [4.78, 5) is 12.6. The third kappa shape index (κ3) is 46.4. The van der Waals surface area contributed by atoms with Gasteiger partial charge in [0.1, 0.15) is 12.2 Å². The molecular formula is C58H117NO5. The Balaban J connectivity index is 3.53. The molecule has 0 spiro atoms. The number of nitrogens with one attached hydrogen (secondary N) is 1. The molecule has 0 heterocycles. The summed E-state index contributed by atoms with van der Waals surface area (Å²) in [5, 5.41) is 44.0. The van der Waals surface area contributed by atoms with Gasteiger partial charge in [-0.2, -0.15) is 0 Å². The molecule has 1 amide bonds. The maximum Gasteiger partial charge on any atom is 0.249 e. The van der Waals surface area contributed by atoms with Crippen molar-refractivity contribution >= 4 is 5.91 Å². The number of aliphatic hydroxyl groups excluding tert-OH is 4. The molecule has 0 aliphatic rings. The molecule has 4 unspecified atom stereocenters. The summed E-state index contributed by atoms with van der Waals surface area (Å²) in [6.45, 7) is 4.10. The van der Waals surface area contributed by atoms with E-state index in [0.29, 0.717) is 12.8 Å². The van der Waals surface area contributed by atoms with E-state index in [1.54, 1.807) is 0 Å². The Hall–Kier alpha value is -0.690. The van der Waals surface area contributed by atoms with Gasteiger partial charge in [0.05, 0.1) is 18.8 Å². The van der Waals surface area contributed by atoms with Crippen molar-refractivity contribution in [2.24, 2.45) is 0 Å². The lowest BCUT2D eigenvalue weighted by Crippen LogP contribution is -2.53. The number of aliphatic hydroxyl groups is 4. The highest BCUT2D eigenvalue weighted by atomic mass is 16.3. The molecule has 0 aliphatic heterocycles. The maximum absolute atomic E-state index is 12.6. The second-order valence-corrected chi connectivity index (χ2v) is 20.7. The molecule has 0 aliphatic carbocycles. The quantitative estimate of drug-likeness (QED) is 0.0391. The van der Waals surface area contributed by atoms with E-state index in [0.717, 1.165) is 38.5 Å². The zero-order valence-electron chi connectivity index (χ0n) is 43.6. The average Bonchev–Trinajstić information content (AvgIpc) is 3.30. The highest BCUT2D eigenvalue weighted by Gasteiger charge is 2.28. The van der Waals surface area contributed by atoms with Crippen LogP contribution in [0.25, 0.3) is 0 Å². The summed E-state index contributed by atoms with van der Waals surface area (Å²) in [5.74, 6) is -0.576. The fourth-order valence-electron chi connectivity index (χ4n) is 9.70. The van der Waals surface area contributed by atoms with Crippen molar-refractivity contribution < 1.29 is 25.2 Å². The Morgan fingerprint density at radius 3 is 0.750 bits per heavy atom. The summed E-state index contributed by atoms with van der Waals surface area (Å²) in [7, 11) is 0. The second-order valence-electron chi connectivity index (χ2n) is 20.7. The molecule has 0 rings (SSSR count). The van der Waals surface area contributed by atoms with E-state index in [1.807, 2.05) is 0 Å². The van der Waals surface area contributed by atoms with E-state index >= 15 is 0 Å². The number of rotatable bonds is 55. The molecule has 0 bridgehead atoms. The van der Waals surface area contributed by atoms with E-state index in [1.165, 1.54) is 270 Å². The molecule has 4 atom stereocenters. The number of carbonyl (C=O) groups excluding carboxylic acids is 1. The number of amides is 1. The van der Waals surface area contributed by atoms with Crippen LogP contribution >= 0.6 is 0 Å². The van der Waals surface area contributed by atoms with E-state index in [-0.39, 0.29) is 0 Å². The molecule has 0 fully saturated rings. The van der Waals surface area contributed by atoms with Crippen LogP contribution in [-0.2, 0) is 4.79 Å². The van der Waals surface area contributed by atoms with Crippen LogP contribution in [0.4, 0.5) is 0 Å². The first-order valence-electron chi connectivity index (χ1n) is 29.4. The highest BCUT2D eigenvalue weighted by Crippen LogP contribution is 2.19. The molecule has 384 valence electrons. The maximum atomic E-state index is 12.6. The van der Waals surface area contributed by atoms with Gasteiger partial charge in [-0.05, 0) is 12.8 Å². The van der Waals surface area contributed by atoms with Crippen LogP contribution in [0.5, 0.6) is 0 Å². The first kappa shape index (κ1) is 63.3. The van der Waals surface area contributed by atoms with E-state index in [9.17, 15) is 25.2 Å². The largest absolute Gasteiger partial charge is 0.394 e.